The van der Waals surface area contributed by atoms with E-state index in [1.165, 1.54) is 11.3 Å². The lowest BCUT2D eigenvalue weighted by atomic mass is 10.1. The molecule has 0 spiro atoms. The number of hydrogen-bond donors (Lipinski definition) is 0. The molecule has 0 aromatic heterocycles. The van der Waals surface area contributed by atoms with E-state index in [9.17, 15) is 0 Å². The smallest absolute Gasteiger partial charge is 0.0401 e. The molecule has 0 atom stereocenters. The predicted octanol–water partition coefficient (Wildman–Crippen LogP) is 3.26. The fraction of sp³-hybridized carbons (Fsp3) is 0.385. The molecule has 0 aliphatic carbocycles. The molecule has 0 fully saturated rings. The minimum atomic E-state index is 0.951. The Morgan fingerprint density at radius 1 is 1.21 bits per heavy atom. The Morgan fingerprint density at radius 3 is 2.43 bits per heavy atom. The number of para-hydroxylation sites is 1. The van der Waals surface area contributed by atoms with Crippen LogP contribution in [0.5, 0.6) is 0 Å². The van der Waals surface area contributed by atoms with Gasteiger partial charge in [-0.15, -0.1) is 6.58 Å². The van der Waals surface area contributed by atoms with Gasteiger partial charge in [-0.3, -0.25) is 0 Å². The maximum atomic E-state index is 3.79. The Morgan fingerprint density at radius 2 is 1.86 bits per heavy atom. The summed E-state index contributed by atoms with van der Waals surface area (Å²) in [5.41, 5.74) is 2.71. The molecule has 1 nitrogen and oxygen atoms in total. The molecule has 0 saturated heterocycles. The Labute approximate surface area is 87.1 Å². The second-order valence-corrected chi connectivity index (χ2v) is 3.29. The summed E-state index contributed by atoms with van der Waals surface area (Å²) >= 11 is 0. The summed E-state index contributed by atoms with van der Waals surface area (Å²) in [6.45, 7) is 10.3. The van der Waals surface area contributed by atoms with Crippen molar-refractivity contribution >= 4 is 5.69 Å². The highest BCUT2D eigenvalue weighted by Gasteiger charge is 2.05. The van der Waals surface area contributed by atoms with E-state index in [-0.39, 0.29) is 0 Å². The van der Waals surface area contributed by atoms with Gasteiger partial charge >= 0.3 is 0 Å². The summed E-state index contributed by atoms with van der Waals surface area (Å²) < 4.78 is 0. The third-order valence-corrected chi connectivity index (χ3v) is 2.46. The van der Waals surface area contributed by atoms with Crippen LogP contribution in [-0.4, -0.2) is 13.1 Å². The Hall–Kier alpha value is -1.24. The first-order valence-electron chi connectivity index (χ1n) is 5.27. The van der Waals surface area contributed by atoms with E-state index in [0.29, 0.717) is 0 Å². The van der Waals surface area contributed by atoms with E-state index in [1.807, 2.05) is 6.08 Å². The maximum Gasteiger partial charge on any atom is 0.0401 e. The lowest BCUT2D eigenvalue weighted by Crippen LogP contribution is -2.22. The topological polar surface area (TPSA) is 3.24 Å². The molecule has 0 heterocycles. The second-order valence-electron chi connectivity index (χ2n) is 3.29. The molecule has 0 radical (unpaired) electrons. The summed E-state index contributed by atoms with van der Waals surface area (Å²) in [6, 6.07) is 8.55. The monoisotopic (exact) mass is 189 g/mol. The van der Waals surface area contributed by atoms with Crippen LogP contribution in [0.3, 0.4) is 0 Å². The molecular formula is C13H19N. The lowest BCUT2D eigenvalue weighted by Gasteiger charge is -2.23. The number of allylic oxidation sites excluding steroid dienone is 1. The third-order valence-electron chi connectivity index (χ3n) is 2.46. The van der Waals surface area contributed by atoms with Crippen LogP contribution in [-0.2, 0) is 6.42 Å². The largest absolute Gasteiger partial charge is 0.372 e. The first-order valence-corrected chi connectivity index (χ1v) is 5.27. The van der Waals surface area contributed by atoms with Gasteiger partial charge in [0.1, 0.15) is 0 Å². The normalized spacial score (nSPS) is 9.86. The molecule has 1 aromatic carbocycles. The lowest BCUT2D eigenvalue weighted by molar-refractivity contribution is 0.859. The zero-order valence-corrected chi connectivity index (χ0v) is 9.16. The number of anilines is 1. The highest BCUT2D eigenvalue weighted by Crippen LogP contribution is 2.20. The van der Waals surface area contributed by atoms with E-state index in [4.69, 9.17) is 0 Å². The van der Waals surface area contributed by atoms with Gasteiger partial charge in [-0.05, 0) is 31.9 Å². The molecular weight excluding hydrogens is 170 g/mol. The van der Waals surface area contributed by atoms with Crippen LogP contribution in [0.4, 0.5) is 5.69 Å². The van der Waals surface area contributed by atoms with Crippen LogP contribution in [0.1, 0.15) is 19.4 Å². The highest BCUT2D eigenvalue weighted by molar-refractivity contribution is 5.54. The number of nitrogens with zero attached hydrogens (tertiary/aromatic N) is 1. The molecule has 0 aliphatic heterocycles. The molecule has 0 unspecified atom stereocenters. The van der Waals surface area contributed by atoms with Crippen molar-refractivity contribution < 1.29 is 0 Å². The molecule has 14 heavy (non-hydrogen) atoms. The fourth-order valence-electron chi connectivity index (χ4n) is 1.71. The number of hydrogen-bond acceptors (Lipinski definition) is 1. The van der Waals surface area contributed by atoms with Gasteiger partial charge in [0.05, 0.1) is 0 Å². The molecule has 76 valence electrons. The minimum absolute atomic E-state index is 0.951. The molecule has 1 rings (SSSR count). The third kappa shape index (κ3) is 2.38. The van der Waals surface area contributed by atoms with Crippen molar-refractivity contribution in [2.45, 2.75) is 20.3 Å². The average Bonchev–Trinajstić information content (AvgIpc) is 2.23. The molecule has 0 amide bonds. The Kier molecular flexibility index (Phi) is 4.24. The molecule has 0 bridgehead atoms. The summed E-state index contributed by atoms with van der Waals surface area (Å²) in [7, 11) is 0. The number of benzene rings is 1. The average molecular weight is 189 g/mol. The van der Waals surface area contributed by atoms with E-state index in [2.05, 4.69) is 49.6 Å². The van der Waals surface area contributed by atoms with Crippen molar-refractivity contribution in [3.8, 4) is 0 Å². The van der Waals surface area contributed by atoms with E-state index in [1.54, 1.807) is 0 Å². The van der Waals surface area contributed by atoms with Crippen molar-refractivity contribution in [1.82, 2.24) is 0 Å². The summed E-state index contributed by atoms with van der Waals surface area (Å²) in [6.07, 6.45) is 2.91. The van der Waals surface area contributed by atoms with Crippen LogP contribution in [0.15, 0.2) is 36.9 Å². The standard InChI is InChI=1S/C13H19N/c1-4-9-12-10-7-8-11-13(12)14(5-2)6-3/h4,7-8,10-11H,1,5-6,9H2,2-3H3. The van der Waals surface area contributed by atoms with Gasteiger partial charge in [-0.25, -0.2) is 0 Å². The van der Waals surface area contributed by atoms with Gasteiger partial charge in [0.2, 0.25) is 0 Å². The fourth-order valence-corrected chi connectivity index (χ4v) is 1.71. The molecule has 0 aliphatic rings. The summed E-state index contributed by atoms with van der Waals surface area (Å²) in [4.78, 5) is 2.37. The number of rotatable bonds is 5. The molecule has 1 heteroatoms. The SMILES string of the molecule is C=CCc1ccccc1N(CC)CC. The van der Waals surface area contributed by atoms with E-state index >= 15 is 0 Å². The van der Waals surface area contributed by atoms with Crippen LogP contribution >= 0.6 is 0 Å². The Balaban J connectivity index is 2.98. The summed E-state index contributed by atoms with van der Waals surface area (Å²) in [5, 5.41) is 0. The van der Waals surface area contributed by atoms with Gasteiger partial charge in [0.15, 0.2) is 0 Å². The van der Waals surface area contributed by atoms with Gasteiger partial charge < -0.3 is 4.90 Å². The molecule has 0 saturated carbocycles. The first kappa shape index (κ1) is 10.8. The van der Waals surface area contributed by atoms with Crippen LogP contribution in [0.2, 0.25) is 0 Å². The van der Waals surface area contributed by atoms with Gasteiger partial charge in [0.25, 0.3) is 0 Å². The predicted molar refractivity (Wildman–Crippen MR) is 63.9 cm³/mol. The molecule has 0 N–H and O–H groups in total. The zero-order valence-electron chi connectivity index (χ0n) is 9.16. The quantitative estimate of drug-likeness (QED) is 0.643. The van der Waals surface area contributed by atoms with Gasteiger partial charge in [-0.1, -0.05) is 24.3 Å². The van der Waals surface area contributed by atoms with Crippen molar-refractivity contribution in [3.63, 3.8) is 0 Å². The van der Waals surface area contributed by atoms with Crippen molar-refractivity contribution in [3.05, 3.63) is 42.5 Å². The van der Waals surface area contributed by atoms with Crippen LogP contribution < -0.4 is 4.90 Å². The van der Waals surface area contributed by atoms with Gasteiger partial charge in [-0.2, -0.15) is 0 Å². The maximum absolute atomic E-state index is 3.79. The van der Waals surface area contributed by atoms with E-state index < -0.39 is 0 Å². The van der Waals surface area contributed by atoms with Crippen molar-refractivity contribution in [2.75, 3.05) is 18.0 Å². The highest BCUT2D eigenvalue weighted by atomic mass is 15.1. The van der Waals surface area contributed by atoms with Crippen molar-refractivity contribution in [2.24, 2.45) is 0 Å². The van der Waals surface area contributed by atoms with Crippen LogP contribution in [0, 0.1) is 0 Å². The first-order chi connectivity index (χ1) is 6.83. The minimum Gasteiger partial charge on any atom is -0.372 e. The zero-order chi connectivity index (χ0) is 10.4. The van der Waals surface area contributed by atoms with E-state index in [0.717, 1.165) is 19.5 Å². The molecule has 1 aromatic rings. The Bertz CT molecular complexity index is 287. The van der Waals surface area contributed by atoms with Crippen molar-refractivity contribution in [1.29, 1.82) is 0 Å². The van der Waals surface area contributed by atoms with Gasteiger partial charge in [0, 0.05) is 18.8 Å². The second kappa shape index (κ2) is 5.48. The summed E-state index contributed by atoms with van der Waals surface area (Å²) in [5.74, 6) is 0. The van der Waals surface area contributed by atoms with Crippen LogP contribution in [0.25, 0.3) is 0 Å².